The van der Waals surface area contributed by atoms with Crippen molar-refractivity contribution in [3.05, 3.63) is 12.7 Å². The number of ketones is 1. The average Bonchev–Trinajstić information content (AvgIpc) is 2.64. The van der Waals surface area contributed by atoms with Crippen molar-refractivity contribution in [1.82, 2.24) is 0 Å². The van der Waals surface area contributed by atoms with Crippen molar-refractivity contribution in [1.29, 1.82) is 0 Å². The molecule has 0 saturated heterocycles. The normalized spacial score (nSPS) is 31.7. The van der Waals surface area contributed by atoms with Crippen LogP contribution in [0.2, 0.25) is 0 Å². The number of allylic oxidation sites excluding steroid dienone is 1. The molecule has 0 aromatic heterocycles. The lowest BCUT2D eigenvalue weighted by molar-refractivity contribution is -0.116. The molecule has 0 bridgehead atoms. The topological polar surface area (TPSA) is 17.1 Å². The maximum absolute atomic E-state index is 10.8. The van der Waals surface area contributed by atoms with Crippen LogP contribution >= 0.6 is 0 Å². The van der Waals surface area contributed by atoms with Gasteiger partial charge in [0.2, 0.25) is 0 Å². The van der Waals surface area contributed by atoms with Crippen molar-refractivity contribution in [3.63, 3.8) is 0 Å². The van der Waals surface area contributed by atoms with Crippen molar-refractivity contribution in [2.75, 3.05) is 0 Å². The molecule has 1 heteroatoms. The van der Waals surface area contributed by atoms with Crippen LogP contribution in [0.3, 0.4) is 0 Å². The molecular formula is C8H12O. The van der Waals surface area contributed by atoms with Crippen LogP contribution in [0, 0.1) is 11.8 Å². The molecule has 0 aliphatic heterocycles. The summed E-state index contributed by atoms with van der Waals surface area (Å²) in [5, 5.41) is 0. The van der Waals surface area contributed by atoms with Crippen molar-refractivity contribution < 1.29 is 4.79 Å². The highest BCUT2D eigenvalue weighted by Gasteiger charge is 2.39. The molecule has 0 aromatic carbocycles. The molecule has 9 heavy (non-hydrogen) atoms. The van der Waals surface area contributed by atoms with Gasteiger partial charge in [0, 0.05) is 5.92 Å². The van der Waals surface area contributed by atoms with Gasteiger partial charge in [-0.2, -0.15) is 0 Å². The first-order chi connectivity index (χ1) is 4.29. The van der Waals surface area contributed by atoms with Gasteiger partial charge in [0.15, 0.2) is 5.78 Å². The summed E-state index contributed by atoms with van der Waals surface area (Å²) in [5.41, 5.74) is 0. The molecule has 0 radical (unpaired) electrons. The Morgan fingerprint density at radius 2 is 2.56 bits per heavy atom. The predicted molar refractivity (Wildman–Crippen MR) is 37.1 cm³/mol. The maximum Gasteiger partial charge on any atom is 0.158 e. The number of hydrogen-bond donors (Lipinski definition) is 0. The summed E-state index contributed by atoms with van der Waals surface area (Å²) in [4.78, 5) is 10.8. The second-order valence-electron chi connectivity index (χ2n) is 2.62. The van der Waals surface area contributed by atoms with Gasteiger partial charge in [0.25, 0.3) is 0 Å². The summed E-state index contributed by atoms with van der Waals surface area (Å²) < 4.78 is 0. The van der Waals surface area contributed by atoms with E-state index in [2.05, 4.69) is 13.5 Å². The van der Waals surface area contributed by atoms with E-state index >= 15 is 0 Å². The molecule has 0 spiro atoms. The highest BCUT2D eigenvalue weighted by atomic mass is 16.1. The minimum Gasteiger partial charge on any atom is -0.295 e. The van der Waals surface area contributed by atoms with Crippen LogP contribution in [-0.4, -0.2) is 5.78 Å². The number of carbonyl (C=O) groups excluding carboxylic acids is 1. The van der Waals surface area contributed by atoms with Gasteiger partial charge < -0.3 is 0 Å². The van der Waals surface area contributed by atoms with Crippen molar-refractivity contribution in [2.24, 2.45) is 11.8 Å². The molecule has 0 N–H and O–H groups in total. The van der Waals surface area contributed by atoms with Crippen molar-refractivity contribution in [2.45, 2.75) is 19.8 Å². The maximum atomic E-state index is 10.8. The first-order valence-corrected chi connectivity index (χ1v) is 3.45. The molecule has 1 nitrogen and oxygen atoms in total. The van der Waals surface area contributed by atoms with Gasteiger partial charge in [-0.1, -0.05) is 19.9 Å². The Morgan fingerprint density at radius 3 is 2.89 bits per heavy atom. The fourth-order valence-corrected chi connectivity index (χ4v) is 1.20. The van der Waals surface area contributed by atoms with E-state index in [-0.39, 0.29) is 5.78 Å². The lowest BCUT2D eigenvalue weighted by Gasteiger charge is -1.87. The summed E-state index contributed by atoms with van der Waals surface area (Å²) >= 11 is 0. The van der Waals surface area contributed by atoms with Crippen LogP contribution in [0.1, 0.15) is 19.8 Å². The van der Waals surface area contributed by atoms with Crippen molar-refractivity contribution >= 4 is 5.78 Å². The molecule has 1 fully saturated rings. The monoisotopic (exact) mass is 124 g/mol. The smallest absolute Gasteiger partial charge is 0.158 e. The third-order valence-corrected chi connectivity index (χ3v) is 2.01. The van der Waals surface area contributed by atoms with Gasteiger partial charge in [-0.15, -0.1) is 0 Å². The third-order valence-electron chi connectivity index (χ3n) is 2.01. The van der Waals surface area contributed by atoms with Crippen LogP contribution in [0.25, 0.3) is 0 Å². The second kappa shape index (κ2) is 2.34. The molecule has 1 saturated carbocycles. The Bertz CT molecular complexity index is 138. The van der Waals surface area contributed by atoms with Crippen LogP contribution in [0.15, 0.2) is 12.7 Å². The second-order valence-corrected chi connectivity index (χ2v) is 2.62. The molecule has 0 unspecified atom stereocenters. The molecule has 1 aliphatic carbocycles. The van der Waals surface area contributed by atoms with Crippen molar-refractivity contribution in [3.8, 4) is 0 Å². The molecule has 1 aliphatic rings. The van der Waals surface area contributed by atoms with E-state index < -0.39 is 0 Å². The van der Waals surface area contributed by atoms with E-state index in [0.717, 1.165) is 12.8 Å². The van der Waals surface area contributed by atoms with Crippen LogP contribution < -0.4 is 0 Å². The van der Waals surface area contributed by atoms with Gasteiger partial charge in [-0.05, 0) is 18.4 Å². The minimum absolute atomic E-state index is 0.238. The van der Waals surface area contributed by atoms with E-state index in [1.807, 2.05) is 0 Å². The molecule has 1 rings (SSSR count). The number of rotatable bonds is 3. The zero-order chi connectivity index (χ0) is 6.85. The SMILES string of the molecule is C=CC(=O)[C@H]1C[C@H]1CC. The quantitative estimate of drug-likeness (QED) is 0.524. The standard InChI is InChI=1S/C8H12O/c1-3-6-5-7(6)8(9)4-2/h4,6-7H,2-3,5H2,1H3/t6-,7+/m1/s1. The Kier molecular flexibility index (Phi) is 1.70. The molecular weight excluding hydrogens is 112 g/mol. The van der Waals surface area contributed by atoms with Gasteiger partial charge in [0.1, 0.15) is 0 Å². The molecule has 2 atom stereocenters. The summed E-state index contributed by atoms with van der Waals surface area (Å²) in [6.45, 7) is 5.57. The predicted octanol–water partition coefficient (Wildman–Crippen LogP) is 1.79. The fraction of sp³-hybridized carbons (Fsp3) is 0.625. The molecule has 0 heterocycles. The van der Waals surface area contributed by atoms with Crippen LogP contribution in [-0.2, 0) is 4.79 Å². The summed E-state index contributed by atoms with van der Waals surface area (Å²) in [5.74, 6) is 1.25. The highest BCUT2D eigenvalue weighted by molar-refractivity contribution is 5.93. The number of carbonyl (C=O) groups is 1. The molecule has 0 aromatic rings. The third kappa shape index (κ3) is 1.21. The van der Waals surface area contributed by atoms with Gasteiger partial charge >= 0.3 is 0 Å². The minimum atomic E-state index is 0.238. The first-order valence-electron chi connectivity index (χ1n) is 3.45. The van der Waals surface area contributed by atoms with Crippen LogP contribution in [0.4, 0.5) is 0 Å². The lowest BCUT2D eigenvalue weighted by atomic mass is 10.2. The lowest BCUT2D eigenvalue weighted by Crippen LogP contribution is -1.95. The zero-order valence-corrected chi connectivity index (χ0v) is 5.76. The largest absolute Gasteiger partial charge is 0.295 e. The Balaban J connectivity index is 2.33. The number of hydrogen-bond acceptors (Lipinski definition) is 1. The summed E-state index contributed by atoms with van der Waals surface area (Å²) in [6, 6.07) is 0. The van der Waals surface area contributed by atoms with Crippen LogP contribution in [0.5, 0.6) is 0 Å². The summed E-state index contributed by atoms with van der Waals surface area (Å²) in [6.07, 6.45) is 3.69. The molecule has 0 amide bonds. The Hall–Kier alpha value is -0.590. The molecule has 50 valence electrons. The van der Waals surface area contributed by atoms with E-state index in [0.29, 0.717) is 11.8 Å². The van der Waals surface area contributed by atoms with E-state index in [1.54, 1.807) is 0 Å². The van der Waals surface area contributed by atoms with Gasteiger partial charge in [0.05, 0.1) is 0 Å². The van der Waals surface area contributed by atoms with E-state index in [1.165, 1.54) is 6.08 Å². The fourth-order valence-electron chi connectivity index (χ4n) is 1.20. The Labute approximate surface area is 55.8 Å². The van der Waals surface area contributed by atoms with E-state index in [4.69, 9.17) is 0 Å². The van der Waals surface area contributed by atoms with Gasteiger partial charge in [-0.3, -0.25) is 4.79 Å². The first kappa shape index (κ1) is 6.53. The Morgan fingerprint density at radius 1 is 1.89 bits per heavy atom. The van der Waals surface area contributed by atoms with E-state index in [9.17, 15) is 4.79 Å². The zero-order valence-electron chi connectivity index (χ0n) is 5.76. The van der Waals surface area contributed by atoms with Gasteiger partial charge in [-0.25, -0.2) is 0 Å². The average molecular weight is 124 g/mol. The highest BCUT2D eigenvalue weighted by Crippen LogP contribution is 2.41. The summed E-state index contributed by atoms with van der Waals surface area (Å²) in [7, 11) is 0.